The Bertz CT molecular complexity index is 512. The van der Waals surface area contributed by atoms with Gasteiger partial charge in [0.2, 0.25) is 0 Å². The van der Waals surface area contributed by atoms with E-state index in [0.717, 1.165) is 31.0 Å². The van der Waals surface area contributed by atoms with Crippen molar-refractivity contribution in [2.45, 2.75) is 32.2 Å². The van der Waals surface area contributed by atoms with Crippen LogP contribution in [0.4, 0.5) is 5.82 Å². The predicted octanol–water partition coefficient (Wildman–Crippen LogP) is 1.76. The zero-order valence-corrected chi connectivity index (χ0v) is 11.9. The molecule has 0 aliphatic carbocycles. The molecule has 1 N–H and O–H groups in total. The van der Waals surface area contributed by atoms with Crippen molar-refractivity contribution in [1.82, 2.24) is 9.88 Å². The maximum Gasteiger partial charge on any atom is 0.335 e. The first-order chi connectivity index (χ1) is 9.63. The zero-order valence-electron chi connectivity index (χ0n) is 11.9. The van der Waals surface area contributed by atoms with Crippen molar-refractivity contribution < 1.29 is 9.90 Å². The summed E-state index contributed by atoms with van der Waals surface area (Å²) in [5.41, 5.74) is 1.10. The molecule has 0 radical (unpaired) electrons. The number of hydrogen-bond donors (Lipinski definition) is 1. The standard InChI is InChI=1S/C15H21N3O2/c1-11-8-12(15(19)20)9-14(16-11)18-7-4-13(10-18)17-5-2-3-6-17/h8-9,13H,2-7,10H2,1H3,(H,19,20). The Kier molecular flexibility index (Phi) is 3.61. The molecule has 108 valence electrons. The fourth-order valence-electron chi connectivity index (χ4n) is 3.29. The molecule has 0 bridgehead atoms. The number of likely N-dealkylation sites (tertiary alicyclic amines) is 1. The normalized spacial score (nSPS) is 23.4. The highest BCUT2D eigenvalue weighted by Gasteiger charge is 2.30. The SMILES string of the molecule is Cc1cc(C(=O)O)cc(N2CCC(N3CCCC3)C2)n1. The van der Waals surface area contributed by atoms with E-state index in [0.29, 0.717) is 11.6 Å². The molecule has 2 aliphatic heterocycles. The van der Waals surface area contributed by atoms with Gasteiger partial charge < -0.3 is 10.0 Å². The summed E-state index contributed by atoms with van der Waals surface area (Å²) in [6, 6.07) is 3.93. The molecule has 5 nitrogen and oxygen atoms in total. The fraction of sp³-hybridized carbons (Fsp3) is 0.600. The summed E-state index contributed by atoms with van der Waals surface area (Å²) < 4.78 is 0. The summed E-state index contributed by atoms with van der Waals surface area (Å²) >= 11 is 0. The van der Waals surface area contributed by atoms with Gasteiger partial charge in [0.05, 0.1) is 5.56 Å². The minimum atomic E-state index is -0.882. The van der Waals surface area contributed by atoms with Crippen LogP contribution in [0.2, 0.25) is 0 Å². The van der Waals surface area contributed by atoms with Gasteiger partial charge in [0.25, 0.3) is 0 Å². The third kappa shape index (κ3) is 2.63. The molecular weight excluding hydrogens is 254 g/mol. The lowest BCUT2D eigenvalue weighted by Crippen LogP contribution is -2.35. The Labute approximate surface area is 119 Å². The van der Waals surface area contributed by atoms with Crippen LogP contribution < -0.4 is 4.90 Å². The second-order valence-electron chi connectivity index (χ2n) is 5.79. The average Bonchev–Trinajstić information content (AvgIpc) is 3.09. The number of aromatic nitrogens is 1. The Morgan fingerprint density at radius 3 is 2.75 bits per heavy atom. The molecule has 1 aromatic rings. The van der Waals surface area contributed by atoms with Crippen LogP contribution in [0.25, 0.3) is 0 Å². The third-order valence-corrected chi connectivity index (χ3v) is 4.33. The van der Waals surface area contributed by atoms with E-state index in [1.54, 1.807) is 12.1 Å². The minimum absolute atomic E-state index is 0.331. The van der Waals surface area contributed by atoms with Crippen molar-refractivity contribution >= 4 is 11.8 Å². The molecule has 0 amide bonds. The van der Waals surface area contributed by atoms with Crippen LogP contribution in [0, 0.1) is 6.92 Å². The number of carboxylic acids is 1. The van der Waals surface area contributed by atoms with Crippen molar-refractivity contribution in [2.24, 2.45) is 0 Å². The van der Waals surface area contributed by atoms with Gasteiger partial charge in [0, 0.05) is 24.8 Å². The monoisotopic (exact) mass is 275 g/mol. The van der Waals surface area contributed by atoms with Crippen LogP contribution in [-0.4, -0.2) is 53.2 Å². The number of carbonyl (C=O) groups is 1. The van der Waals surface area contributed by atoms with Crippen LogP contribution in [0.5, 0.6) is 0 Å². The number of aromatic carboxylic acids is 1. The largest absolute Gasteiger partial charge is 0.478 e. The molecule has 2 aliphatic rings. The Morgan fingerprint density at radius 2 is 2.05 bits per heavy atom. The van der Waals surface area contributed by atoms with Crippen molar-refractivity contribution in [2.75, 3.05) is 31.1 Å². The lowest BCUT2D eigenvalue weighted by molar-refractivity contribution is 0.0696. The zero-order chi connectivity index (χ0) is 14.1. The molecule has 20 heavy (non-hydrogen) atoms. The smallest absolute Gasteiger partial charge is 0.335 e. The summed E-state index contributed by atoms with van der Waals surface area (Å²) in [6.07, 6.45) is 3.77. The predicted molar refractivity (Wildman–Crippen MR) is 77.4 cm³/mol. The van der Waals surface area contributed by atoms with Gasteiger partial charge in [0.15, 0.2) is 0 Å². The van der Waals surface area contributed by atoms with Gasteiger partial charge in [-0.3, -0.25) is 4.90 Å². The topological polar surface area (TPSA) is 56.7 Å². The molecule has 3 heterocycles. The van der Waals surface area contributed by atoms with Gasteiger partial charge in [-0.1, -0.05) is 0 Å². The van der Waals surface area contributed by atoms with Crippen LogP contribution >= 0.6 is 0 Å². The summed E-state index contributed by atoms with van der Waals surface area (Å²) in [7, 11) is 0. The first kappa shape index (κ1) is 13.4. The number of hydrogen-bond acceptors (Lipinski definition) is 4. The first-order valence-electron chi connectivity index (χ1n) is 7.34. The van der Waals surface area contributed by atoms with Crippen LogP contribution in [0.3, 0.4) is 0 Å². The molecule has 1 unspecified atom stereocenters. The Balaban J connectivity index is 1.75. The van der Waals surface area contributed by atoms with E-state index in [2.05, 4.69) is 14.8 Å². The number of pyridine rings is 1. The maximum absolute atomic E-state index is 11.1. The Hall–Kier alpha value is -1.62. The summed E-state index contributed by atoms with van der Waals surface area (Å²) in [5.74, 6) is -0.0730. The van der Waals surface area contributed by atoms with E-state index in [1.807, 2.05) is 6.92 Å². The van der Waals surface area contributed by atoms with E-state index < -0.39 is 5.97 Å². The second kappa shape index (κ2) is 5.40. The molecule has 2 fully saturated rings. The van der Waals surface area contributed by atoms with E-state index in [1.165, 1.54) is 25.9 Å². The maximum atomic E-state index is 11.1. The Morgan fingerprint density at radius 1 is 1.30 bits per heavy atom. The minimum Gasteiger partial charge on any atom is -0.478 e. The van der Waals surface area contributed by atoms with Gasteiger partial charge >= 0.3 is 5.97 Å². The second-order valence-corrected chi connectivity index (χ2v) is 5.79. The van der Waals surface area contributed by atoms with Gasteiger partial charge in [0.1, 0.15) is 5.82 Å². The highest BCUT2D eigenvalue weighted by Crippen LogP contribution is 2.25. The molecule has 1 atom stereocenters. The van der Waals surface area contributed by atoms with E-state index in [9.17, 15) is 4.79 Å². The lowest BCUT2D eigenvalue weighted by Gasteiger charge is -2.24. The fourth-order valence-corrected chi connectivity index (χ4v) is 3.29. The van der Waals surface area contributed by atoms with Crippen LogP contribution in [0.1, 0.15) is 35.3 Å². The molecule has 3 rings (SSSR count). The molecule has 0 saturated carbocycles. The number of anilines is 1. The third-order valence-electron chi connectivity index (χ3n) is 4.33. The summed E-state index contributed by atoms with van der Waals surface area (Å²) in [6.45, 7) is 6.20. The quantitative estimate of drug-likeness (QED) is 0.911. The van der Waals surface area contributed by atoms with Crippen LogP contribution in [-0.2, 0) is 0 Å². The molecule has 1 aromatic heterocycles. The number of carboxylic acid groups (broad SMARTS) is 1. The number of nitrogens with zero attached hydrogens (tertiary/aromatic N) is 3. The van der Waals surface area contributed by atoms with Gasteiger partial charge in [-0.05, 0) is 51.4 Å². The first-order valence-corrected chi connectivity index (χ1v) is 7.34. The van der Waals surface area contributed by atoms with E-state index >= 15 is 0 Å². The van der Waals surface area contributed by atoms with Gasteiger partial charge in [-0.15, -0.1) is 0 Å². The number of aryl methyl sites for hydroxylation is 1. The highest BCUT2D eigenvalue weighted by molar-refractivity contribution is 5.88. The van der Waals surface area contributed by atoms with Crippen molar-refractivity contribution in [3.05, 3.63) is 23.4 Å². The average molecular weight is 275 g/mol. The van der Waals surface area contributed by atoms with Gasteiger partial charge in [-0.25, -0.2) is 9.78 Å². The summed E-state index contributed by atoms with van der Waals surface area (Å²) in [4.78, 5) is 20.4. The van der Waals surface area contributed by atoms with Crippen molar-refractivity contribution in [1.29, 1.82) is 0 Å². The van der Waals surface area contributed by atoms with E-state index in [-0.39, 0.29) is 0 Å². The molecule has 0 spiro atoms. The lowest BCUT2D eigenvalue weighted by atomic mass is 10.2. The molecular formula is C15H21N3O2. The van der Waals surface area contributed by atoms with Gasteiger partial charge in [-0.2, -0.15) is 0 Å². The van der Waals surface area contributed by atoms with Crippen molar-refractivity contribution in [3.63, 3.8) is 0 Å². The molecule has 5 heteroatoms. The number of rotatable bonds is 3. The molecule has 2 saturated heterocycles. The molecule has 0 aromatic carbocycles. The highest BCUT2D eigenvalue weighted by atomic mass is 16.4. The van der Waals surface area contributed by atoms with Crippen molar-refractivity contribution in [3.8, 4) is 0 Å². The summed E-state index contributed by atoms with van der Waals surface area (Å²) in [5, 5.41) is 9.15. The van der Waals surface area contributed by atoms with E-state index in [4.69, 9.17) is 5.11 Å². The van der Waals surface area contributed by atoms with Crippen LogP contribution in [0.15, 0.2) is 12.1 Å².